The average molecular weight is 169 g/mol. The molecule has 0 aromatic carbocycles. The summed E-state index contributed by atoms with van der Waals surface area (Å²) in [6.07, 6.45) is 0. The van der Waals surface area contributed by atoms with Crippen LogP contribution in [0.1, 0.15) is 6.92 Å². The third-order valence-corrected chi connectivity index (χ3v) is 2.06. The van der Waals surface area contributed by atoms with Crippen LogP contribution in [0.5, 0.6) is 0 Å². The van der Waals surface area contributed by atoms with E-state index in [1.807, 2.05) is 0 Å². The van der Waals surface area contributed by atoms with Gasteiger partial charge in [0.2, 0.25) is 0 Å². The highest BCUT2D eigenvalue weighted by molar-refractivity contribution is 7.86. The van der Waals surface area contributed by atoms with Crippen molar-refractivity contribution in [2.24, 2.45) is 0 Å². The van der Waals surface area contributed by atoms with Gasteiger partial charge in [-0.15, -0.1) is 0 Å². The van der Waals surface area contributed by atoms with Gasteiger partial charge in [0, 0.05) is 6.54 Å². The van der Waals surface area contributed by atoms with Crippen LogP contribution in [0.15, 0.2) is 0 Å². The maximum atomic E-state index is 10.6. The predicted octanol–water partition coefficient (Wildman–Crippen LogP) is -0.668. The summed E-state index contributed by atoms with van der Waals surface area (Å²) < 4.78 is 25.6. The zero-order valence-corrected chi connectivity index (χ0v) is 6.52. The predicted molar refractivity (Wildman–Crippen MR) is 35.2 cm³/mol. The van der Waals surface area contributed by atoms with E-state index in [0.717, 1.165) is 0 Å². The van der Waals surface area contributed by atoms with Gasteiger partial charge in [-0.05, 0) is 6.92 Å². The third-order valence-electron chi connectivity index (χ3n) is 0.761. The molecular formula is C4H11NO4S. The molecule has 0 radical (unpaired) electrons. The van der Waals surface area contributed by atoms with Crippen molar-refractivity contribution < 1.29 is 17.8 Å². The van der Waals surface area contributed by atoms with Crippen LogP contribution in [-0.2, 0) is 14.3 Å². The van der Waals surface area contributed by atoms with Crippen molar-refractivity contribution >= 4 is 10.1 Å². The van der Waals surface area contributed by atoms with Crippen molar-refractivity contribution in [3.63, 3.8) is 0 Å². The van der Waals surface area contributed by atoms with Crippen molar-refractivity contribution in [1.29, 1.82) is 0 Å². The molecule has 0 aromatic heterocycles. The summed E-state index contributed by atoms with van der Waals surface area (Å²) >= 11 is 0. The molecule has 6 heteroatoms. The molecule has 0 aromatic rings. The van der Waals surface area contributed by atoms with E-state index >= 15 is 0 Å². The van der Waals surface area contributed by atoms with Gasteiger partial charge in [-0.25, -0.2) is 5.48 Å². The third kappa shape index (κ3) is 4.68. The largest absolute Gasteiger partial charge is 0.317 e. The molecule has 0 saturated heterocycles. The van der Waals surface area contributed by atoms with Gasteiger partial charge in [0.05, 0.1) is 12.4 Å². The van der Waals surface area contributed by atoms with E-state index in [0.29, 0.717) is 0 Å². The summed E-state index contributed by atoms with van der Waals surface area (Å²) in [4.78, 5) is 0. The Balaban J connectivity index is 3.65. The highest BCUT2D eigenvalue weighted by Gasteiger charge is 2.07. The van der Waals surface area contributed by atoms with Crippen LogP contribution in [-0.4, -0.2) is 32.5 Å². The summed E-state index contributed by atoms with van der Waals surface area (Å²) in [5.41, 5.74) is 1.72. The second-order valence-electron chi connectivity index (χ2n) is 1.58. The van der Waals surface area contributed by atoms with Gasteiger partial charge in [-0.3, -0.25) is 4.18 Å². The highest BCUT2D eigenvalue weighted by atomic mass is 32.2. The molecule has 0 atom stereocenters. The molecule has 0 aliphatic rings. The average Bonchev–Trinajstić information content (AvgIpc) is 1.84. The van der Waals surface area contributed by atoms with Crippen LogP contribution in [0.25, 0.3) is 0 Å². The maximum Gasteiger partial charge on any atom is 0.268 e. The fourth-order valence-corrected chi connectivity index (χ4v) is 1.23. The molecule has 0 unspecified atom stereocenters. The molecule has 0 bridgehead atoms. The molecule has 0 spiro atoms. The lowest BCUT2D eigenvalue weighted by Crippen LogP contribution is -2.21. The Morgan fingerprint density at radius 2 is 2.20 bits per heavy atom. The van der Waals surface area contributed by atoms with E-state index in [2.05, 4.69) is 4.18 Å². The molecule has 0 aliphatic heterocycles. The minimum Gasteiger partial charge on any atom is -0.317 e. The quantitative estimate of drug-likeness (QED) is 0.422. The van der Waals surface area contributed by atoms with Gasteiger partial charge < -0.3 is 5.21 Å². The first-order valence-electron chi connectivity index (χ1n) is 2.86. The lowest BCUT2D eigenvalue weighted by Gasteiger charge is -2.00. The Hall–Kier alpha value is -0.170. The summed E-state index contributed by atoms with van der Waals surface area (Å²) in [7, 11) is -3.42. The number of nitrogens with one attached hydrogen (secondary N) is 1. The van der Waals surface area contributed by atoms with Gasteiger partial charge >= 0.3 is 0 Å². The Kier molecular flexibility index (Phi) is 4.54. The minimum atomic E-state index is -3.42. The number of rotatable bonds is 5. The second kappa shape index (κ2) is 4.62. The van der Waals surface area contributed by atoms with Gasteiger partial charge in [0.1, 0.15) is 0 Å². The fraction of sp³-hybridized carbons (Fsp3) is 1.00. The van der Waals surface area contributed by atoms with Crippen LogP contribution in [0.3, 0.4) is 0 Å². The van der Waals surface area contributed by atoms with Crippen LogP contribution in [0.4, 0.5) is 0 Å². The lowest BCUT2D eigenvalue weighted by atomic mass is 10.8. The van der Waals surface area contributed by atoms with Crippen LogP contribution in [0, 0.1) is 0 Å². The molecule has 0 fully saturated rings. The maximum absolute atomic E-state index is 10.6. The molecule has 2 N–H and O–H groups in total. The Bertz CT molecular complexity index is 164. The highest BCUT2D eigenvalue weighted by Crippen LogP contribution is 1.90. The first kappa shape index (κ1) is 9.83. The van der Waals surface area contributed by atoms with E-state index in [1.165, 1.54) is 0 Å². The second-order valence-corrected chi connectivity index (χ2v) is 3.34. The number of hydrogen-bond donors (Lipinski definition) is 2. The lowest BCUT2D eigenvalue weighted by molar-refractivity contribution is 0.172. The zero-order chi connectivity index (χ0) is 8.04. The van der Waals surface area contributed by atoms with E-state index in [1.54, 1.807) is 12.4 Å². The van der Waals surface area contributed by atoms with Gasteiger partial charge in [0.25, 0.3) is 10.1 Å². The minimum absolute atomic E-state index is 0.0116. The summed E-state index contributed by atoms with van der Waals surface area (Å²) in [6, 6.07) is 0. The zero-order valence-electron chi connectivity index (χ0n) is 5.70. The summed E-state index contributed by atoms with van der Waals surface area (Å²) in [5, 5.41) is 8.03. The van der Waals surface area contributed by atoms with Crippen molar-refractivity contribution in [3.8, 4) is 0 Å². The summed E-state index contributed by atoms with van der Waals surface area (Å²) in [6.45, 7) is 1.71. The smallest absolute Gasteiger partial charge is 0.268 e. The van der Waals surface area contributed by atoms with Crippen LogP contribution >= 0.6 is 0 Å². The Labute approximate surface area is 60.1 Å². The standard InChI is InChI=1S/C4H11NO4S/c1-2-9-10(7,8)4-3-5-6/h5-6H,2-4H2,1H3. The summed E-state index contributed by atoms with van der Waals surface area (Å²) in [5.74, 6) is -0.211. The molecular weight excluding hydrogens is 158 g/mol. The molecule has 0 amide bonds. The van der Waals surface area contributed by atoms with Gasteiger partial charge in [-0.2, -0.15) is 8.42 Å². The van der Waals surface area contributed by atoms with E-state index in [9.17, 15) is 8.42 Å². The number of hydrogen-bond acceptors (Lipinski definition) is 5. The van der Waals surface area contributed by atoms with Gasteiger partial charge in [-0.1, -0.05) is 0 Å². The Morgan fingerprint density at radius 1 is 1.60 bits per heavy atom. The molecule has 0 rings (SSSR count). The molecule has 0 aliphatic carbocycles. The topological polar surface area (TPSA) is 75.6 Å². The van der Waals surface area contributed by atoms with E-state index in [-0.39, 0.29) is 18.9 Å². The Morgan fingerprint density at radius 3 is 2.60 bits per heavy atom. The molecule has 0 saturated carbocycles. The first-order chi connectivity index (χ1) is 4.62. The van der Waals surface area contributed by atoms with Crippen molar-refractivity contribution in [3.05, 3.63) is 0 Å². The van der Waals surface area contributed by atoms with E-state index < -0.39 is 10.1 Å². The fourth-order valence-electron chi connectivity index (χ4n) is 0.409. The van der Waals surface area contributed by atoms with Crippen molar-refractivity contribution in [1.82, 2.24) is 5.48 Å². The molecule has 10 heavy (non-hydrogen) atoms. The van der Waals surface area contributed by atoms with E-state index in [4.69, 9.17) is 5.21 Å². The normalized spacial score (nSPS) is 11.8. The van der Waals surface area contributed by atoms with Crippen LogP contribution in [0.2, 0.25) is 0 Å². The first-order valence-corrected chi connectivity index (χ1v) is 4.44. The van der Waals surface area contributed by atoms with Gasteiger partial charge in [0.15, 0.2) is 0 Å². The molecule has 62 valence electrons. The van der Waals surface area contributed by atoms with Crippen LogP contribution < -0.4 is 5.48 Å². The molecule has 5 nitrogen and oxygen atoms in total. The molecule has 0 heterocycles. The monoisotopic (exact) mass is 169 g/mol. The van der Waals surface area contributed by atoms with Crippen molar-refractivity contribution in [2.45, 2.75) is 6.92 Å². The number of hydroxylamine groups is 1. The van der Waals surface area contributed by atoms with Crippen molar-refractivity contribution in [2.75, 3.05) is 18.9 Å². The SMILES string of the molecule is CCOS(=O)(=O)CCNO.